The monoisotopic (exact) mass is 241 g/mol. The summed E-state index contributed by atoms with van der Waals surface area (Å²) in [6.07, 6.45) is -3.86. The number of hydrogen-bond donors (Lipinski definition) is 1. The second-order valence-corrected chi connectivity index (χ2v) is 3.46. The lowest BCUT2D eigenvalue weighted by molar-refractivity contribution is -0.151. The van der Waals surface area contributed by atoms with Gasteiger partial charge in [-0.2, -0.15) is 8.78 Å². The van der Waals surface area contributed by atoms with E-state index in [4.69, 9.17) is 0 Å². The Hall–Kier alpha value is -1.18. The molecule has 0 atom stereocenters. The van der Waals surface area contributed by atoms with Crippen LogP contribution in [-0.4, -0.2) is 22.7 Å². The maximum Gasteiger partial charge on any atom is 0.382 e. The fourth-order valence-electron chi connectivity index (χ4n) is 0.845. The smallest absolute Gasteiger partial charge is 0.382 e. The molecule has 1 rings (SSSR count). The van der Waals surface area contributed by atoms with Crippen molar-refractivity contribution in [3.05, 3.63) is 11.8 Å². The largest absolute Gasteiger partial charge is 0.418 e. The molecule has 0 radical (unpaired) electrons. The molecule has 8 heteroatoms. The number of halogens is 4. The predicted octanol–water partition coefficient (Wildman–Crippen LogP) is 1.92. The van der Waals surface area contributed by atoms with Crippen LogP contribution in [0.1, 0.15) is 25.6 Å². The first-order valence-electron chi connectivity index (χ1n) is 4.56. The second kappa shape index (κ2) is 4.77. The van der Waals surface area contributed by atoms with Gasteiger partial charge in [0.1, 0.15) is 0 Å². The van der Waals surface area contributed by atoms with Crippen LogP contribution >= 0.6 is 0 Å². The lowest BCUT2D eigenvalue weighted by Gasteiger charge is -2.09. The van der Waals surface area contributed by atoms with Crippen molar-refractivity contribution in [3.63, 3.8) is 0 Å². The second-order valence-electron chi connectivity index (χ2n) is 3.46. The summed E-state index contributed by atoms with van der Waals surface area (Å²) < 4.78 is 53.8. The third kappa shape index (κ3) is 2.91. The summed E-state index contributed by atoms with van der Waals surface area (Å²) in [5.41, 5.74) is 0. The molecular weight excluding hydrogens is 230 g/mol. The van der Waals surface area contributed by atoms with E-state index in [-0.39, 0.29) is 18.5 Å². The van der Waals surface area contributed by atoms with E-state index in [1.807, 2.05) is 13.8 Å². The summed E-state index contributed by atoms with van der Waals surface area (Å²) >= 11 is 0. The zero-order valence-corrected chi connectivity index (χ0v) is 8.68. The standard InChI is InChI=1S/C8H11F4N3O/c1-4(2)13-3-5-14-15-7(16-5)8(11,12)6(9)10/h4,6,13H,3H2,1-2H3. The van der Waals surface area contributed by atoms with Gasteiger partial charge in [0.15, 0.2) is 0 Å². The Morgan fingerprint density at radius 3 is 2.44 bits per heavy atom. The van der Waals surface area contributed by atoms with Gasteiger partial charge in [0.2, 0.25) is 5.89 Å². The zero-order valence-electron chi connectivity index (χ0n) is 8.68. The average Bonchev–Trinajstić information content (AvgIpc) is 2.63. The van der Waals surface area contributed by atoms with Crippen molar-refractivity contribution in [2.24, 2.45) is 0 Å². The van der Waals surface area contributed by atoms with Crippen LogP contribution in [-0.2, 0) is 12.5 Å². The number of nitrogens with one attached hydrogen (secondary N) is 1. The zero-order chi connectivity index (χ0) is 12.3. The molecule has 16 heavy (non-hydrogen) atoms. The van der Waals surface area contributed by atoms with E-state index in [1.165, 1.54) is 0 Å². The van der Waals surface area contributed by atoms with Gasteiger partial charge in [0, 0.05) is 6.04 Å². The van der Waals surface area contributed by atoms with Crippen molar-refractivity contribution < 1.29 is 22.0 Å². The van der Waals surface area contributed by atoms with Crippen LogP contribution in [0, 0.1) is 0 Å². The highest BCUT2D eigenvalue weighted by molar-refractivity contribution is 4.93. The molecule has 1 N–H and O–H groups in total. The summed E-state index contributed by atoms with van der Waals surface area (Å²) in [5.74, 6) is -5.91. The van der Waals surface area contributed by atoms with Crippen molar-refractivity contribution in [2.45, 2.75) is 38.8 Å². The fourth-order valence-corrected chi connectivity index (χ4v) is 0.845. The first-order valence-corrected chi connectivity index (χ1v) is 4.56. The maximum atomic E-state index is 12.7. The summed E-state index contributed by atoms with van der Waals surface area (Å²) in [6.45, 7) is 3.71. The highest BCUT2D eigenvalue weighted by Crippen LogP contribution is 2.33. The highest BCUT2D eigenvalue weighted by atomic mass is 19.3. The van der Waals surface area contributed by atoms with E-state index < -0.39 is 18.2 Å². The van der Waals surface area contributed by atoms with Crippen molar-refractivity contribution in [1.82, 2.24) is 15.5 Å². The molecular formula is C8H11F4N3O. The molecule has 0 spiro atoms. The van der Waals surface area contributed by atoms with Gasteiger partial charge in [-0.25, -0.2) is 8.78 Å². The molecule has 4 nitrogen and oxygen atoms in total. The van der Waals surface area contributed by atoms with Crippen LogP contribution in [0.15, 0.2) is 4.42 Å². The van der Waals surface area contributed by atoms with Gasteiger partial charge in [-0.05, 0) is 0 Å². The topological polar surface area (TPSA) is 51.0 Å². The van der Waals surface area contributed by atoms with Crippen molar-refractivity contribution in [1.29, 1.82) is 0 Å². The molecule has 0 saturated carbocycles. The Bertz CT molecular complexity index is 340. The minimum Gasteiger partial charge on any atom is -0.418 e. The molecule has 0 aliphatic carbocycles. The summed E-state index contributed by atoms with van der Waals surface area (Å²) in [6, 6.07) is 0.0889. The summed E-state index contributed by atoms with van der Waals surface area (Å²) in [7, 11) is 0. The molecule has 92 valence electrons. The maximum absolute atomic E-state index is 12.7. The van der Waals surface area contributed by atoms with Crippen LogP contribution in [0.5, 0.6) is 0 Å². The Kier molecular flexibility index (Phi) is 3.84. The minimum absolute atomic E-state index is 0.0595. The van der Waals surface area contributed by atoms with Crippen LogP contribution < -0.4 is 5.32 Å². The lowest BCUT2D eigenvalue weighted by Crippen LogP contribution is -2.24. The van der Waals surface area contributed by atoms with Crippen LogP contribution in [0.4, 0.5) is 17.6 Å². The van der Waals surface area contributed by atoms with E-state index >= 15 is 0 Å². The molecule has 0 saturated heterocycles. The summed E-state index contributed by atoms with van der Waals surface area (Å²) in [5, 5.41) is 8.97. The van der Waals surface area contributed by atoms with Gasteiger partial charge in [-0.15, -0.1) is 10.2 Å². The molecule has 0 unspecified atom stereocenters. The number of alkyl halides is 4. The van der Waals surface area contributed by atoms with Crippen molar-refractivity contribution in [2.75, 3.05) is 0 Å². The van der Waals surface area contributed by atoms with Gasteiger partial charge in [0.05, 0.1) is 6.54 Å². The van der Waals surface area contributed by atoms with Gasteiger partial charge < -0.3 is 9.73 Å². The third-order valence-corrected chi connectivity index (χ3v) is 1.69. The fraction of sp³-hybridized carbons (Fsp3) is 0.750. The minimum atomic E-state index is -4.40. The molecule has 1 aromatic rings. The van der Waals surface area contributed by atoms with Crippen LogP contribution in [0.3, 0.4) is 0 Å². The number of nitrogens with zero attached hydrogens (tertiary/aromatic N) is 2. The SMILES string of the molecule is CC(C)NCc1nnc(C(F)(F)C(F)F)o1. The molecule has 0 fully saturated rings. The average molecular weight is 241 g/mol. The Labute approximate surface area is 89.0 Å². The van der Waals surface area contributed by atoms with Gasteiger partial charge >= 0.3 is 12.3 Å². The Balaban J connectivity index is 2.71. The van der Waals surface area contributed by atoms with Crippen LogP contribution in [0.25, 0.3) is 0 Å². The Morgan fingerprint density at radius 1 is 1.31 bits per heavy atom. The van der Waals surface area contributed by atoms with Crippen molar-refractivity contribution in [3.8, 4) is 0 Å². The predicted molar refractivity (Wildman–Crippen MR) is 46.2 cm³/mol. The number of aromatic nitrogens is 2. The van der Waals surface area contributed by atoms with Crippen LogP contribution in [0.2, 0.25) is 0 Å². The first kappa shape index (κ1) is 12.9. The third-order valence-electron chi connectivity index (χ3n) is 1.69. The molecule has 0 aliphatic heterocycles. The molecule has 0 aliphatic rings. The normalized spacial score (nSPS) is 12.8. The van der Waals surface area contributed by atoms with Gasteiger partial charge in [-0.3, -0.25) is 0 Å². The first-order chi connectivity index (χ1) is 7.34. The molecule has 0 bridgehead atoms. The molecule has 1 heterocycles. The van der Waals surface area contributed by atoms with E-state index in [1.54, 1.807) is 0 Å². The van der Waals surface area contributed by atoms with E-state index in [2.05, 4.69) is 19.9 Å². The highest BCUT2D eigenvalue weighted by Gasteiger charge is 2.48. The van der Waals surface area contributed by atoms with E-state index in [9.17, 15) is 17.6 Å². The van der Waals surface area contributed by atoms with E-state index in [0.717, 1.165) is 0 Å². The number of hydrogen-bond acceptors (Lipinski definition) is 4. The van der Waals surface area contributed by atoms with E-state index in [0.29, 0.717) is 0 Å². The Morgan fingerprint density at radius 2 is 1.94 bits per heavy atom. The summed E-state index contributed by atoms with van der Waals surface area (Å²) in [4.78, 5) is 0. The van der Waals surface area contributed by atoms with Gasteiger partial charge in [0.25, 0.3) is 5.89 Å². The molecule has 1 aromatic heterocycles. The molecule has 0 aromatic carbocycles. The van der Waals surface area contributed by atoms with Crippen molar-refractivity contribution >= 4 is 0 Å². The molecule has 0 amide bonds. The lowest BCUT2D eigenvalue weighted by atomic mass is 10.3. The number of rotatable bonds is 5. The quantitative estimate of drug-likeness (QED) is 0.800. The van der Waals surface area contributed by atoms with Gasteiger partial charge in [-0.1, -0.05) is 13.8 Å².